The third kappa shape index (κ3) is 7.42. The second-order valence-electron chi connectivity index (χ2n) is 7.60. The van der Waals surface area contributed by atoms with Crippen LogP contribution in [0.4, 0.5) is 5.82 Å². The Morgan fingerprint density at radius 2 is 1.67 bits per heavy atom. The van der Waals surface area contributed by atoms with Gasteiger partial charge in [0.25, 0.3) is 0 Å². The monoisotopic (exact) mass is 430 g/mol. The number of benzene rings is 2. The van der Waals surface area contributed by atoms with Crippen molar-refractivity contribution in [1.82, 2.24) is 4.98 Å². The smallest absolute Gasteiger partial charge is 0.307 e. The number of hydrogen-bond acceptors (Lipinski definition) is 6. The summed E-state index contributed by atoms with van der Waals surface area (Å²) in [6.45, 7) is 7.12. The standard InChI is InChI=1S/C18H15ClN2O2.C4H10O.H2N2/c1-10-8-15-13(6-7-16(20)21-15)18(14(10)9-17(22)23)11-2-4-12(19)5-3-11;1-4(2,3)5;1-2/h2-8H,9H2,1H3,(H2,20,21)(H,22,23);5H,1-3H3;1-2H. The summed E-state index contributed by atoms with van der Waals surface area (Å²) in [6, 6.07) is 12.8. The molecule has 0 saturated carbocycles. The van der Waals surface area contributed by atoms with Crippen molar-refractivity contribution in [2.45, 2.75) is 39.7 Å². The van der Waals surface area contributed by atoms with Crippen LogP contribution in [0.2, 0.25) is 5.02 Å². The number of halogens is 1. The van der Waals surface area contributed by atoms with Crippen LogP contribution in [0, 0.1) is 18.0 Å². The molecular weight excluding hydrogens is 404 g/mol. The number of fused-ring (bicyclic) bond motifs is 1. The quantitative estimate of drug-likeness (QED) is 0.351. The van der Waals surface area contributed by atoms with E-state index in [4.69, 9.17) is 33.5 Å². The Bertz CT molecular complexity index is 1010. The summed E-state index contributed by atoms with van der Waals surface area (Å²) in [5.41, 5.74) is 19.5. The highest BCUT2D eigenvalue weighted by Gasteiger charge is 2.16. The lowest BCUT2D eigenvalue weighted by atomic mass is 9.90. The molecule has 2 aromatic carbocycles. The summed E-state index contributed by atoms with van der Waals surface area (Å²) >= 11 is 5.97. The molecule has 0 aliphatic heterocycles. The van der Waals surface area contributed by atoms with Crippen LogP contribution >= 0.6 is 11.6 Å². The van der Waals surface area contributed by atoms with Crippen molar-refractivity contribution in [2.24, 2.45) is 0 Å². The van der Waals surface area contributed by atoms with Crippen LogP contribution in [0.5, 0.6) is 0 Å². The molecule has 3 aromatic rings. The van der Waals surface area contributed by atoms with E-state index in [2.05, 4.69) is 4.98 Å². The van der Waals surface area contributed by atoms with Gasteiger partial charge < -0.3 is 15.9 Å². The Balaban J connectivity index is 0.000000565. The van der Waals surface area contributed by atoms with Crippen LogP contribution in [0.15, 0.2) is 42.5 Å². The molecule has 1 aromatic heterocycles. The zero-order valence-electron chi connectivity index (χ0n) is 17.5. The predicted molar refractivity (Wildman–Crippen MR) is 120 cm³/mol. The number of nitrogens with zero attached hydrogens (tertiary/aromatic N) is 1. The Morgan fingerprint density at radius 1 is 1.13 bits per heavy atom. The number of rotatable bonds is 3. The average Bonchev–Trinajstić information content (AvgIpc) is 2.63. The van der Waals surface area contributed by atoms with E-state index < -0.39 is 11.6 Å². The fourth-order valence-corrected chi connectivity index (χ4v) is 2.92. The first-order valence-corrected chi connectivity index (χ1v) is 9.47. The minimum Gasteiger partial charge on any atom is -0.481 e. The molecule has 0 atom stereocenters. The number of carboxylic acids is 1. The molecule has 160 valence electrons. The number of anilines is 1. The summed E-state index contributed by atoms with van der Waals surface area (Å²) < 4.78 is 0. The summed E-state index contributed by atoms with van der Waals surface area (Å²) in [5, 5.41) is 19.3. The molecule has 0 bridgehead atoms. The summed E-state index contributed by atoms with van der Waals surface area (Å²) in [5.74, 6) is -0.434. The summed E-state index contributed by atoms with van der Waals surface area (Å²) in [6.07, 6.45) is -0.0515. The molecule has 6 N–H and O–H groups in total. The molecule has 0 fully saturated rings. The number of nitrogen functional groups attached to an aromatic ring is 1. The fourth-order valence-electron chi connectivity index (χ4n) is 2.79. The Hall–Kier alpha value is -3.03. The van der Waals surface area contributed by atoms with Gasteiger partial charge in [-0.1, -0.05) is 23.7 Å². The van der Waals surface area contributed by atoms with E-state index >= 15 is 0 Å². The van der Waals surface area contributed by atoms with Gasteiger partial charge in [-0.2, -0.15) is 0 Å². The van der Waals surface area contributed by atoms with E-state index in [0.717, 1.165) is 33.2 Å². The van der Waals surface area contributed by atoms with E-state index in [1.165, 1.54) is 0 Å². The molecule has 0 radical (unpaired) electrons. The van der Waals surface area contributed by atoms with E-state index in [0.29, 0.717) is 10.8 Å². The average molecular weight is 431 g/mol. The molecule has 1 heterocycles. The minimum absolute atomic E-state index is 0.0515. The lowest BCUT2D eigenvalue weighted by molar-refractivity contribution is -0.136. The fraction of sp³-hybridized carbons (Fsp3) is 0.273. The van der Waals surface area contributed by atoms with Crippen molar-refractivity contribution < 1.29 is 15.0 Å². The third-order valence-corrected chi connectivity index (χ3v) is 4.06. The zero-order chi connectivity index (χ0) is 23.1. The Labute approximate surface area is 180 Å². The summed E-state index contributed by atoms with van der Waals surface area (Å²) in [4.78, 5) is 15.7. The predicted octanol–water partition coefficient (Wildman–Crippen LogP) is 5.45. The highest BCUT2D eigenvalue weighted by atomic mass is 35.5. The lowest BCUT2D eigenvalue weighted by Gasteiger charge is -2.15. The molecule has 8 heteroatoms. The molecular formula is C22H27ClN4O3. The first-order valence-electron chi connectivity index (χ1n) is 9.09. The maximum Gasteiger partial charge on any atom is 0.307 e. The molecule has 0 aliphatic rings. The number of carboxylic acid groups (broad SMARTS) is 1. The maximum absolute atomic E-state index is 11.3. The highest BCUT2D eigenvalue weighted by Crippen LogP contribution is 2.35. The number of pyridine rings is 1. The zero-order valence-corrected chi connectivity index (χ0v) is 18.2. The molecule has 0 amide bonds. The normalized spacial score (nSPS) is 10.5. The summed E-state index contributed by atoms with van der Waals surface area (Å²) in [7, 11) is 0. The molecule has 7 nitrogen and oxygen atoms in total. The number of carbonyl (C=O) groups is 1. The first-order chi connectivity index (χ1) is 14.0. The molecule has 3 rings (SSSR count). The number of aryl methyl sites for hydroxylation is 1. The number of aliphatic carboxylic acids is 1. The third-order valence-electron chi connectivity index (χ3n) is 3.81. The van der Waals surface area contributed by atoms with Crippen molar-refractivity contribution in [3.8, 4) is 11.1 Å². The SMILES string of the molecule is CC(C)(C)O.Cc1cc2nc(N)ccc2c(-c2ccc(Cl)cc2)c1CC(=O)O.N=N. The molecule has 0 unspecified atom stereocenters. The van der Waals surface area contributed by atoms with Crippen LogP contribution in [0.3, 0.4) is 0 Å². The number of hydrogen-bond donors (Lipinski definition) is 5. The molecule has 0 aliphatic carbocycles. The number of aromatic nitrogens is 1. The largest absolute Gasteiger partial charge is 0.481 e. The first kappa shape index (κ1) is 25.0. The van der Waals surface area contributed by atoms with Gasteiger partial charge in [0.15, 0.2) is 0 Å². The minimum atomic E-state index is -0.869. The van der Waals surface area contributed by atoms with Gasteiger partial charge in [-0.3, -0.25) is 4.79 Å². The van der Waals surface area contributed by atoms with Crippen molar-refractivity contribution >= 4 is 34.3 Å². The Morgan fingerprint density at radius 3 is 2.17 bits per heavy atom. The molecule has 0 spiro atoms. The van der Waals surface area contributed by atoms with Gasteiger partial charge in [-0.25, -0.2) is 16.0 Å². The van der Waals surface area contributed by atoms with Crippen molar-refractivity contribution in [1.29, 1.82) is 11.1 Å². The van der Waals surface area contributed by atoms with Gasteiger partial charge in [-0.05, 0) is 80.3 Å². The van der Waals surface area contributed by atoms with Crippen molar-refractivity contribution in [3.63, 3.8) is 0 Å². The van der Waals surface area contributed by atoms with Gasteiger partial charge in [-0.15, -0.1) is 0 Å². The van der Waals surface area contributed by atoms with Gasteiger partial charge in [0.05, 0.1) is 17.5 Å². The van der Waals surface area contributed by atoms with Crippen molar-refractivity contribution in [3.05, 3.63) is 58.6 Å². The van der Waals surface area contributed by atoms with Crippen LogP contribution in [0.1, 0.15) is 31.9 Å². The van der Waals surface area contributed by atoms with Crippen molar-refractivity contribution in [2.75, 3.05) is 5.73 Å². The van der Waals surface area contributed by atoms with Gasteiger partial charge in [0.1, 0.15) is 5.82 Å². The second-order valence-corrected chi connectivity index (χ2v) is 8.03. The van der Waals surface area contributed by atoms with Gasteiger partial charge >= 0.3 is 5.97 Å². The number of nitrogens with two attached hydrogens (primary N) is 1. The van der Waals surface area contributed by atoms with E-state index in [1.54, 1.807) is 39.0 Å². The second kappa shape index (κ2) is 10.7. The van der Waals surface area contributed by atoms with E-state index in [-0.39, 0.29) is 6.42 Å². The highest BCUT2D eigenvalue weighted by molar-refractivity contribution is 6.30. The van der Waals surface area contributed by atoms with Crippen LogP contribution in [-0.2, 0) is 11.2 Å². The van der Waals surface area contributed by atoms with Crippen LogP contribution in [0.25, 0.3) is 22.0 Å². The van der Waals surface area contributed by atoms with E-state index in [1.807, 2.05) is 31.2 Å². The Kier molecular flexibility index (Phi) is 8.89. The number of aliphatic hydroxyl groups is 1. The number of nitrogens with one attached hydrogen (secondary N) is 2. The molecule has 30 heavy (non-hydrogen) atoms. The van der Waals surface area contributed by atoms with Gasteiger partial charge in [0.2, 0.25) is 0 Å². The van der Waals surface area contributed by atoms with Gasteiger partial charge in [0, 0.05) is 10.4 Å². The topological polar surface area (TPSA) is 144 Å². The van der Waals surface area contributed by atoms with Crippen LogP contribution in [-0.4, -0.2) is 26.8 Å². The maximum atomic E-state index is 11.3. The molecule has 0 saturated heterocycles. The van der Waals surface area contributed by atoms with Crippen LogP contribution < -0.4 is 5.73 Å². The van der Waals surface area contributed by atoms with E-state index in [9.17, 15) is 9.90 Å². The lowest BCUT2D eigenvalue weighted by Crippen LogP contribution is -2.10.